The third kappa shape index (κ3) is 2.38. The van der Waals surface area contributed by atoms with Gasteiger partial charge in [0.15, 0.2) is 0 Å². The fourth-order valence-corrected chi connectivity index (χ4v) is 2.30. The Morgan fingerprint density at radius 1 is 1.37 bits per heavy atom. The molecule has 0 bridgehead atoms. The van der Waals surface area contributed by atoms with Crippen LogP contribution in [0.4, 0.5) is 0 Å². The van der Waals surface area contributed by atoms with Crippen LogP contribution in [-0.2, 0) is 6.42 Å². The molecule has 1 aromatic heterocycles. The largest absolute Gasteiger partial charge is 0.493 e. The number of nitrogens with one attached hydrogen (secondary N) is 1. The summed E-state index contributed by atoms with van der Waals surface area (Å²) in [5.74, 6) is 1.03. The second kappa shape index (κ2) is 4.53. The van der Waals surface area contributed by atoms with Gasteiger partial charge in [0.2, 0.25) is 5.88 Å². The number of H-pyrrole nitrogens is 1. The lowest BCUT2D eigenvalue weighted by Gasteiger charge is -2.08. The first-order valence-corrected chi connectivity index (χ1v) is 6.53. The molecule has 98 valence electrons. The monoisotopic (exact) mass is 256 g/mol. The summed E-state index contributed by atoms with van der Waals surface area (Å²) in [7, 11) is 0. The number of hydrogen-bond donors (Lipinski definition) is 2. The Kier molecular flexibility index (Phi) is 2.85. The molecule has 1 heterocycles. The van der Waals surface area contributed by atoms with Crippen LogP contribution in [0.5, 0.6) is 5.88 Å². The summed E-state index contributed by atoms with van der Waals surface area (Å²) in [5, 5.41) is 10.1. The topological polar surface area (TPSA) is 66.0 Å². The van der Waals surface area contributed by atoms with Crippen LogP contribution >= 0.6 is 0 Å². The molecule has 2 aromatic rings. The second-order valence-corrected chi connectivity index (χ2v) is 5.17. The van der Waals surface area contributed by atoms with Gasteiger partial charge in [-0.1, -0.05) is 24.3 Å². The van der Waals surface area contributed by atoms with Crippen molar-refractivity contribution in [3.8, 4) is 17.0 Å². The summed E-state index contributed by atoms with van der Waals surface area (Å²) in [4.78, 5) is 19.1. The molecule has 0 unspecified atom stereocenters. The molecule has 0 aliphatic heterocycles. The molecule has 2 N–H and O–H groups in total. The van der Waals surface area contributed by atoms with Crippen molar-refractivity contribution >= 4 is 0 Å². The summed E-state index contributed by atoms with van der Waals surface area (Å²) >= 11 is 0. The minimum atomic E-state index is -0.266. The van der Waals surface area contributed by atoms with Crippen LogP contribution in [0.15, 0.2) is 29.1 Å². The summed E-state index contributed by atoms with van der Waals surface area (Å²) in [5.41, 5.74) is 1.67. The molecule has 0 saturated heterocycles. The minimum Gasteiger partial charge on any atom is -0.493 e. The Balaban J connectivity index is 2.07. The molecule has 0 spiro atoms. The standard InChI is InChI=1S/C15H16N2O2/c1-9-4-2-3-5-11(9)13-14(18)16-12(17-15(13)19)8-10-6-7-10/h2-5,10H,6-8H2,1H3,(H2,16,17,18,19). The lowest BCUT2D eigenvalue weighted by Crippen LogP contribution is -2.15. The Labute approximate surface area is 111 Å². The van der Waals surface area contributed by atoms with Crippen molar-refractivity contribution in [2.24, 2.45) is 5.92 Å². The van der Waals surface area contributed by atoms with Crippen LogP contribution in [0.1, 0.15) is 24.2 Å². The molecule has 0 atom stereocenters. The van der Waals surface area contributed by atoms with Gasteiger partial charge >= 0.3 is 0 Å². The van der Waals surface area contributed by atoms with E-state index in [0.29, 0.717) is 11.7 Å². The molecule has 4 heteroatoms. The highest BCUT2D eigenvalue weighted by atomic mass is 16.3. The molecule has 1 aliphatic carbocycles. The van der Waals surface area contributed by atoms with Gasteiger partial charge in [-0.05, 0) is 36.8 Å². The molecular formula is C15H16N2O2. The average molecular weight is 256 g/mol. The molecule has 19 heavy (non-hydrogen) atoms. The molecule has 1 aromatic carbocycles. The first-order chi connectivity index (χ1) is 9.15. The lowest BCUT2D eigenvalue weighted by atomic mass is 10.0. The zero-order valence-corrected chi connectivity index (χ0v) is 10.8. The zero-order chi connectivity index (χ0) is 13.4. The van der Waals surface area contributed by atoms with Crippen molar-refractivity contribution in [2.75, 3.05) is 0 Å². The van der Waals surface area contributed by atoms with Crippen molar-refractivity contribution in [2.45, 2.75) is 26.2 Å². The van der Waals surface area contributed by atoms with Gasteiger partial charge in [-0.2, -0.15) is 4.98 Å². The van der Waals surface area contributed by atoms with Gasteiger partial charge in [0, 0.05) is 6.42 Å². The number of aryl methyl sites for hydroxylation is 1. The lowest BCUT2D eigenvalue weighted by molar-refractivity contribution is 0.449. The van der Waals surface area contributed by atoms with Gasteiger partial charge in [-0.25, -0.2) is 0 Å². The van der Waals surface area contributed by atoms with E-state index in [1.807, 2.05) is 31.2 Å². The fraction of sp³-hybridized carbons (Fsp3) is 0.333. The maximum atomic E-state index is 12.2. The SMILES string of the molecule is Cc1ccccc1-c1c(O)nc(CC2CC2)[nH]c1=O. The van der Waals surface area contributed by atoms with Crippen LogP contribution < -0.4 is 5.56 Å². The van der Waals surface area contributed by atoms with E-state index < -0.39 is 0 Å². The molecule has 0 radical (unpaired) electrons. The first-order valence-electron chi connectivity index (χ1n) is 6.53. The average Bonchev–Trinajstić information content (AvgIpc) is 3.14. The first kappa shape index (κ1) is 12.0. The fourth-order valence-electron chi connectivity index (χ4n) is 2.30. The Morgan fingerprint density at radius 3 is 2.74 bits per heavy atom. The molecule has 1 fully saturated rings. The van der Waals surface area contributed by atoms with Crippen molar-refractivity contribution in [3.63, 3.8) is 0 Å². The normalized spacial score (nSPS) is 14.6. The van der Waals surface area contributed by atoms with E-state index in [4.69, 9.17) is 0 Å². The third-order valence-corrected chi connectivity index (χ3v) is 3.54. The Morgan fingerprint density at radius 2 is 2.11 bits per heavy atom. The number of benzene rings is 1. The van der Waals surface area contributed by atoms with E-state index in [2.05, 4.69) is 9.97 Å². The van der Waals surface area contributed by atoms with Crippen LogP contribution in [0.25, 0.3) is 11.1 Å². The van der Waals surface area contributed by atoms with E-state index in [1.165, 1.54) is 12.8 Å². The summed E-state index contributed by atoms with van der Waals surface area (Å²) in [6.45, 7) is 1.91. The zero-order valence-electron chi connectivity index (χ0n) is 10.8. The molecule has 1 aliphatic rings. The van der Waals surface area contributed by atoms with Crippen LogP contribution in [0.2, 0.25) is 0 Å². The number of hydrogen-bond acceptors (Lipinski definition) is 3. The van der Waals surface area contributed by atoms with Gasteiger partial charge < -0.3 is 10.1 Å². The number of nitrogens with zero attached hydrogens (tertiary/aromatic N) is 1. The number of aromatic hydroxyl groups is 1. The van der Waals surface area contributed by atoms with E-state index in [9.17, 15) is 9.90 Å². The Bertz CT molecular complexity index is 672. The highest BCUT2D eigenvalue weighted by Gasteiger charge is 2.24. The van der Waals surface area contributed by atoms with Crippen molar-refractivity contribution in [1.82, 2.24) is 9.97 Å². The van der Waals surface area contributed by atoms with Crippen molar-refractivity contribution in [3.05, 3.63) is 46.0 Å². The van der Waals surface area contributed by atoms with Crippen LogP contribution in [-0.4, -0.2) is 15.1 Å². The predicted octanol–water partition coefficient (Wildman–Crippen LogP) is 2.40. The van der Waals surface area contributed by atoms with Gasteiger partial charge in [-0.3, -0.25) is 4.79 Å². The van der Waals surface area contributed by atoms with E-state index in [-0.39, 0.29) is 17.0 Å². The highest BCUT2D eigenvalue weighted by molar-refractivity contribution is 5.70. The number of aromatic amines is 1. The predicted molar refractivity (Wildman–Crippen MR) is 73.1 cm³/mol. The van der Waals surface area contributed by atoms with Crippen molar-refractivity contribution in [1.29, 1.82) is 0 Å². The highest BCUT2D eigenvalue weighted by Crippen LogP contribution is 2.32. The summed E-state index contributed by atoms with van der Waals surface area (Å²) < 4.78 is 0. The maximum Gasteiger partial charge on any atom is 0.262 e. The van der Waals surface area contributed by atoms with Crippen LogP contribution in [0.3, 0.4) is 0 Å². The number of aromatic nitrogens is 2. The maximum absolute atomic E-state index is 12.2. The smallest absolute Gasteiger partial charge is 0.262 e. The molecule has 1 saturated carbocycles. The van der Waals surface area contributed by atoms with Gasteiger partial charge in [0.25, 0.3) is 5.56 Å². The third-order valence-electron chi connectivity index (χ3n) is 3.54. The number of rotatable bonds is 3. The summed E-state index contributed by atoms with van der Waals surface area (Å²) in [6.07, 6.45) is 3.12. The van der Waals surface area contributed by atoms with Gasteiger partial charge in [-0.15, -0.1) is 0 Å². The van der Waals surface area contributed by atoms with Gasteiger partial charge in [0.1, 0.15) is 11.4 Å². The van der Waals surface area contributed by atoms with Gasteiger partial charge in [0.05, 0.1) is 0 Å². The molecule has 4 nitrogen and oxygen atoms in total. The second-order valence-electron chi connectivity index (χ2n) is 5.17. The minimum absolute atomic E-state index is 0.172. The Hall–Kier alpha value is -2.10. The van der Waals surface area contributed by atoms with Crippen LogP contribution in [0, 0.1) is 12.8 Å². The molecular weight excluding hydrogens is 240 g/mol. The van der Waals surface area contributed by atoms with E-state index >= 15 is 0 Å². The molecule has 3 rings (SSSR count). The van der Waals surface area contributed by atoms with Crippen molar-refractivity contribution < 1.29 is 5.11 Å². The summed E-state index contributed by atoms with van der Waals surface area (Å²) in [6, 6.07) is 7.48. The van der Waals surface area contributed by atoms with E-state index in [0.717, 1.165) is 17.5 Å². The van der Waals surface area contributed by atoms with E-state index in [1.54, 1.807) is 0 Å². The quantitative estimate of drug-likeness (QED) is 0.886. The molecule has 0 amide bonds.